The summed E-state index contributed by atoms with van der Waals surface area (Å²) in [7, 11) is 2.01. The van der Waals surface area contributed by atoms with Crippen LogP contribution in [0.1, 0.15) is 31.9 Å². The molecule has 0 amide bonds. The summed E-state index contributed by atoms with van der Waals surface area (Å²) >= 11 is 0. The molecule has 1 heterocycles. The molecule has 0 aliphatic rings. The molecule has 0 saturated carbocycles. The van der Waals surface area contributed by atoms with Gasteiger partial charge in [-0.3, -0.25) is 4.79 Å². The minimum Gasteiger partial charge on any atom is -0.481 e. The molecule has 0 spiro atoms. The predicted molar refractivity (Wildman–Crippen MR) is 65.7 cm³/mol. The third-order valence-electron chi connectivity index (χ3n) is 2.63. The van der Waals surface area contributed by atoms with Crippen LogP contribution < -0.4 is 0 Å². The Balaban J connectivity index is 2.36. The first kappa shape index (κ1) is 13.7. The third-order valence-corrected chi connectivity index (χ3v) is 2.63. The van der Waals surface area contributed by atoms with Gasteiger partial charge >= 0.3 is 5.97 Å². The molecule has 0 unspecified atom stereocenters. The first-order valence-corrected chi connectivity index (χ1v) is 6.02. The number of carboxylic acid groups (broad SMARTS) is 1. The third kappa shape index (κ3) is 4.99. The number of imidazole rings is 1. The zero-order chi connectivity index (χ0) is 12.7. The van der Waals surface area contributed by atoms with E-state index in [1.165, 1.54) is 5.69 Å². The van der Waals surface area contributed by atoms with Gasteiger partial charge in [0, 0.05) is 25.7 Å². The fourth-order valence-electron chi connectivity index (χ4n) is 1.78. The second-order valence-corrected chi connectivity index (χ2v) is 4.31. The summed E-state index contributed by atoms with van der Waals surface area (Å²) in [6, 6.07) is 0. The van der Waals surface area contributed by atoms with E-state index < -0.39 is 5.97 Å². The molecule has 0 radical (unpaired) electrons. The largest absolute Gasteiger partial charge is 0.481 e. The van der Waals surface area contributed by atoms with Gasteiger partial charge < -0.3 is 14.6 Å². The van der Waals surface area contributed by atoms with Crippen molar-refractivity contribution in [3.63, 3.8) is 0 Å². The van der Waals surface area contributed by atoms with Gasteiger partial charge in [-0.05, 0) is 26.4 Å². The number of rotatable bonds is 8. The van der Waals surface area contributed by atoms with Crippen molar-refractivity contribution < 1.29 is 9.90 Å². The summed E-state index contributed by atoms with van der Waals surface area (Å²) in [5.74, 6) is -0.727. The van der Waals surface area contributed by atoms with Gasteiger partial charge in [0.2, 0.25) is 0 Å². The van der Waals surface area contributed by atoms with E-state index in [-0.39, 0.29) is 6.42 Å². The van der Waals surface area contributed by atoms with E-state index in [1.54, 1.807) is 0 Å². The lowest BCUT2D eigenvalue weighted by Crippen LogP contribution is -2.21. The van der Waals surface area contributed by atoms with E-state index in [1.807, 2.05) is 19.6 Å². The Morgan fingerprint density at radius 1 is 1.59 bits per heavy atom. The topological polar surface area (TPSA) is 58.4 Å². The van der Waals surface area contributed by atoms with Crippen LogP contribution >= 0.6 is 0 Å². The van der Waals surface area contributed by atoms with E-state index >= 15 is 0 Å². The van der Waals surface area contributed by atoms with Crippen LogP contribution in [0.4, 0.5) is 0 Å². The predicted octanol–water partition coefficient (Wildman–Crippen LogP) is 1.59. The van der Waals surface area contributed by atoms with Crippen LogP contribution in [0.25, 0.3) is 0 Å². The van der Waals surface area contributed by atoms with Gasteiger partial charge in [0.15, 0.2) is 0 Å². The maximum absolute atomic E-state index is 10.4. The van der Waals surface area contributed by atoms with Gasteiger partial charge in [0.05, 0.1) is 12.0 Å². The average Bonchev–Trinajstić information content (AvgIpc) is 2.66. The molecular formula is C12H21N3O2. The molecule has 17 heavy (non-hydrogen) atoms. The monoisotopic (exact) mass is 239 g/mol. The fraction of sp³-hybridized carbons (Fsp3) is 0.667. The Kier molecular flexibility index (Phi) is 5.69. The standard InChI is InChI=1S/C12H21N3O2/c1-3-6-15-10-13-8-11(15)9-14(2)7-4-5-12(16)17/h8,10H,3-7,9H2,1-2H3,(H,16,17). The Labute approximate surface area is 102 Å². The lowest BCUT2D eigenvalue weighted by molar-refractivity contribution is -0.137. The second-order valence-electron chi connectivity index (χ2n) is 4.31. The number of aromatic nitrogens is 2. The SMILES string of the molecule is CCCn1cncc1CN(C)CCCC(=O)O. The summed E-state index contributed by atoms with van der Waals surface area (Å²) < 4.78 is 2.15. The summed E-state index contributed by atoms with van der Waals surface area (Å²) in [5, 5.41) is 8.56. The number of nitrogens with zero attached hydrogens (tertiary/aromatic N) is 3. The highest BCUT2D eigenvalue weighted by Gasteiger charge is 2.06. The fourth-order valence-corrected chi connectivity index (χ4v) is 1.78. The lowest BCUT2D eigenvalue weighted by Gasteiger charge is -2.17. The van der Waals surface area contributed by atoms with E-state index in [0.29, 0.717) is 6.42 Å². The Bertz CT molecular complexity index is 349. The maximum atomic E-state index is 10.4. The van der Waals surface area contributed by atoms with Crippen LogP contribution in [-0.2, 0) is 17.9 Å². The van der Waals surface area contributed by atoms with Crippen LogP contribution in [0.3, 0.4) is 0 Å². The molecule has 0 atom stereocenters. The van der Waals surface area contributed by atoms with E-state index in [2.05, 4.69) is 21.4 Å². The molecule has 1 N–H and O–H groups in total. The minimum absolute atomic E-state index is 0.235. The van der Waals surface area contributed by atoms with Crippen molar-refractivity contribution in [1.82, 2.24) is 14.5 Å². The van der Waals surface area contributed by atoms with Gasteiger partial charge in [0.25, 0.3) is 0 Å². The second kappa shape index (κ2) is 7.06. The molecule has 0 fully saturated rings. The molecule has 0 aliphatic heterocycles. The average molecular weight is 239 g/mol. The van der Waals surface area contributed by atoms with Gasteiger partial charge in [-0.1, -0.05) is 6.92 Å². The first-order valence-electron chi connectivity index (χ1n) is 6.02. The van der Waals surface area contributed by atoms with Gasteiger partial charge in [-0.25, -0.2) is 4.98 Å². The molecule has 0 bridgehead atoms. The molecule has 0 aromatic carbocycles. The minimum atomic E-state index is -0.727. The molecule has 96 valence electrons. The highest BCUT2D eigenvalue weighted by atomic mass is 16.4. The van der Waals surface area contributed by atoms with Crippen LogP contribution in [0.5, 0.6) is 0 Å². The summed E-state index contributed by atoms with van der Waals surface area (Å²) in [5.41, 5.74) is 1.18. The summed E-state index contributed by atoms with van der Waals surface area (Å²) in [4.78, 5) is 16.7. The number of hydrogen-bond acceptors (Lipinski definition) is 3. The molecule has 5 nitrogen and oxygen atoms in total. The number of aliphatic carboxylic acids is 1. The summed E-state index contributed by atoms with van der Waals surface area (Å²) in [6.45, 7) is 4.74. The van der Waals surface area contributed by atoms with Crippen LogP contribution in [0.15, 0.2) is 12.5 Å². The van der Waals surface area contributed by atoms with Crippen LogP contribution in [0.2, 0.25) is 0 Å². The molecular weight excluding hydrogens is 218 g/mol. The van der Waals surface area contributed by atoms with Crippen molar-refractivity contribution in [2.45, 2.75) is 39.3 Å². The number of carbonyl (C=O) groups is 1. The maximum Gasteiger partial charge on any atom is 0.303 e. The Morgan fingerprint density at radius 2 is 2.35 bits per heavy atom. The zero-order valence-corrected chi connectivity index (χ0v) is 10.6. The number of hydrogen-bond donors (Lipinski definition) is 1. The van der Waals surface area contributed by atoms with Gasteiger partial charge in [-0.2, -0.15) is 0 Å². The van der Waals surface area contributed by atoms with E-state index in [4.69, 9.17) is 5.11 Å². The normalized spacial score (nSPS) is 11.0. The van der Waals surface area contributed by atoms with Crippen molar-refractivity contribution in [3.05, 3.63) is 18.2 Å². The number of carboxylic acids is 1. The van der Waals surface area contributed by atoms with E-state index in [9.17, 15) is 4.79 Å². The van der Waals surface area contributed by atoms with Crippen molar-refractivity contribution in [3.8, 4) is 0 Å². The van der Waals surface area contributed by atoms with Crippen LogP contribution in [-0.4, -0.2) is 39.1 Å². The number of aryl methyl sites for hydroxylation is 1. The smallest absolute Gasteiger partial charge is 0.303 e. The van der Waals surface area contributed by atoms with Gasteiger partial charge in [-0.15, -0.1) is 0 Å². The van der Waals surface area contributed by atoms with Crippen molar-refractivity contribution in [1.29, 1.82) is 0 Å². The molecule has 1 aromatic heterocycles. The molecule has 0 saturated heterocycles. The quantitative estimate of drug-likeness (QED) is 0.748. The van der Waals surface area contributed by atoms with E-state index in [0.717, 1.165) is 26.1 Å². The van der Waals surface area contributed by atoms with Gasteiger partial charge in [0.1, 0.15) is 0 Å². The summed E-state index contributed by atoms with van der Waals surface area (Å²) in [6.07, 6.45) is 5.74. The van der Waals surface area contributed by atoms with Crippen LogP contribution in [0, 0.1) is 0 Å². The Morgan fingerprint density at radius 3 is 3.00 bits per heavy atom. The van der Waals surface area contributed by atoms with Crippen molar-refractivity contribution in [2.75, 3.05) is 13.6 Å². The highest BCUT2D eigenvalue weighted by molar-refractivity contribution is 5.66. The molecule has 1 rings (SSSR count). The van der Waals surface area contributed by atoms with Crippen molar-refractivity contribution >= 4 is 5.97 Å². The van der Waals surface area contributed by atoms with Crippen molar-refractivity contribution in [2.24, 2.45) is 0 Å². The lowest BCUT2D eigenvalue weighted by atomic mass is 10.3. The zero-order valence-electron chi connectivity index (χ0n) is 10.6. The molecule has 1 aromatic rings. The highest BCUT2D eigenvalue weighted by Crippen LogP contribution is 2.05. The molecule has 5 heteroatoms. The molecule has 0 aliphatic carbocycles. The first-order chi connectivity index (χ1) is 8.13. The Hall–Kier alpha value is -1.36.